The van der Waals surface area contributed by atoms with E-state index in [1.54, 1.807) is 6.92 Å². The molecule has 0 aliphatic heterocycles. The fourth-order valence-electron chi connectivity index (χ4n) is 3.01. The monoisotopic (exact) mass is 257 g/mol. The van der Waals surface area contributed by atoms with Gasteiger partial charge in [0.1, 0.15) is 0 Å². The number of hydrogen-bond donors (Lipinski definition) is 0. The molecule has 0 saturated heterocycles. The first-order valence-corrected chi connectivity index (χ1v) is 6.64. The van der Waals surface area contributed by atoms with E-state index < -0.39 is 16.5 Å². The summed E-state index contributed by atoms with van der Waals surface area (Å²) in [4.78, 5) is 21.5. The SMILES string of the molecule is CC(=O)O[C@](C)(C[C@H]1CCCC[C@H]1C)C[N+](=O)[O-]. The third-order valence-corrected chi connectivity index (χ3v) is 3.84. The predicted octanol–water partition coefficient (Wildman–Crippen LogP) is 2.80. The molecule has 5 nitrogen and oxygen atoms in total. The number of nitro groups is 1. The Morgan fingerprint density at radius 1 is 1.44 bits per heavy atom. The molecule has 1 rings (SSSR count). The van der Waals surface area contributed by atoms with Crippen molar-refractivity contribution in [2.45, 2.75) is 58.5 Å². The zero-order valence-electron chi connectivity index (χ0n) is 11.5. The maximum Gasteiger partial charge on any atom is 0.303 e. The van der Waals surface area contributed by atoms with Gasteiger partial charge in [-0.05, 0) is 25.2 Å². The lowest BCUT2D eigenvalue weighted by Gasteiger charge is -2.35. The number of rotatable bonds is 5. The molecule has 1 fully saturated rings. The predicted molar refractivity (Wildman–Crippen MR) is 67.8 cm³/mol. The first-order valence-electron chi connectivity index (χ1n) is 6.64. The minimum absolute atomic E-state index is 0.310. The quantitative estimate of drug-likeness (QED) is 0.431. The molecule has 1 aliphatic carbocycles. The van der Waals surface area contributed by atoms with Crippen molar-refractivity contribution in [1.82, 2.24) is 0 Å². The van der Waals surface area contributed by atoms with Gasteiger partial charge in [0.05, 0.1) is 0 Å². The topological polar surface area (TPSA) is 69.4 Å². The fraction of sp³-hybridized carbons (Fsp3) is 0.923. The van der Waals surface area contributed by atoms with Crippen molar-refractivity contribution in [3.05, 3.63) is 10.1 Å². The molecule has 0 unspecified atom stereocenters. The van der Waals surface area contributed by atoms with E-state index in [0.717, 1.165) is 6.42 Å². The normalized spacial score (nSPS) is 27.3. The van der Waals surface area contributed by atoms with Gasteiger partial charge in [-0.2, -0.15) is 0 Å². The zero-order valence-corrected chi connectivity index (χ0v) is 11.5. The Kier molecular flexibility index (Phi) is 5.11. The molecule has 3 atom stereocenters. The van der Waals surface area contributed by atoms with Gasteiger partial charge in [0.15, 0.2) is 5.60 Å². The molecule has 5 heteroatoms. The standard InChI is InChI=1S/C13H23NO4/c1-10-6-4-5-7-12(10)8-13(3,9-14(16)17)18-11(2)15/h10,12H,4-9H2,1-3H3/t10-,12-,13-/m1/s1. The van der Waals surface area contributed by atoms with Gasteiger partial charge in [0, 0.05) is 11.8 Å². The maximum absolute atomic E-state index is 11.1. The van der Waals surface area contributed by atoms with Crippen molar-refractivity contribution in [2.75, 3.05) is 6.54 Å². The van der Waals surface area contributed by atoms with Gasteiger partial charge in [-0.25, -0.2) is 0 Å². The van der Waals surface area contributed by atoms with Crippen molar-refractivity contribution in [3.63, 3.8) is 0 Å². The lowest BCUT2D eigenvalue weighted by Crippen LogP contribution is -2.41. The molecule has 18 heavy (non-hydrogen) atoms. The Balaban J connectivity index is 2.69. The van der Waals surface area contributed by atoms with Crippen LogP contribution in [-0.2, 0) is 9.53 Å². The van der Waals surface area contributed by atoms with E-state index in [1.165, 1.54) is 26.2 Å². The Morgan fingerprint density at radius 3 is 2.56 bits per heavy atom. The first-order chi connectivity index (χ1) is 8.32. The van der Waals surface area contributed by atoms with Crippen LogP contribution in [0.3, 0.4) is 0 Å². The van der Waals surface area contributed by atoms with E-state index in [1.807, 2.05) is 0 Å². The van der Waals surface area contributed by atoms with Crippen molar-refractivity contribution >= 4 is 5.97 Å². The van der Waals surface area contributed by atoms with E-state index >= 15 is 0 Å². The van der Waals surface area contributed by atoms with Crippen LogP contribution in [0.2, 0.25) is 0 Å². The molecular weight excluding hydrogens is 234 g/mol. The molecule has 1 saturated carbocycles. The third kappa shape index (κ3) is 4.63. The van der Waals surface area contributed by atoms with Gasteiger partial charge >= 0.3 is 5.97 Å². The summed E-state index contributed by atoms with van der Waals surface area (Å²) in [6.07, 6.45) is 5.24. The molecule has 0 bridgehead atoms. The van der Waals surface area contributed by atoms with Crippen LogP contribution >= 0.6 is 0 Å². The van der Waals surface area contributed by atoms with Gasteiger partial charge in [-0.3, -0.25) is 14.9 Å². The Hall–Kier alpha value is -1.13. The van der Waals surface area contributed by atoms with Crippen LogP contribution in [0.4, 0.5) is 0 Å². The number of hydrogen-bond acceptors (Lipinski definition) is 4. The highest BCUT2D eigenvalue weighted by atomic mass is 16.6. The molecule has 0 aromatic heterocycles. The summed E-state index contributed by atoms with van der Waals surface area (Å²) in [7, 11) is 0. The van der Waals surface area contributed by atoms with Crippen molar-refractivity contribution in [2.24, 2.45) is 11.8 Å². The highest BCUT2D eigenvalue weighted by molar-refractivity contribution is 5.66. The minimum atomic E-state index is -0.967. The Bertz CT molecular complexity index is 300. The minimum Gasteiger partial charge on any atom is -0.453 e. The van der Waals surface area contributed by atoms with Gasteiger partial charge in [0.2, 0.25) is 6.54 Å². The molecule has 0 radical (unpaired) electrons. The summed E-state index contributed by atoms with van der Waals surface area (Å²) < 4.78 is 5.22. The van der Waals surface area contributed by atoms with Gasteiger partial charge < -0.3 is 4.74 Å². The average Bonchev–Trinajstić information content (AvgIpc) is 2.18. The number of esters is 1. The summed E-state index contributed by atoms with van der Waals surface area (Å²) in [5.41, 5.74) is -0.967. The smallest absolute Gasteiger partial charge is 0.303 e. The van der Waals surface area contributed by atoms with E-state index in [4.69, 9.17) is 4.74 Å². The summed E-state index contributed by atoms with van der Waals surface area (Å²) in [5, 5.41) is 10.7. The molecule has 0 amide bonds. The molecule has 0 spiro atoms. The molecule has 0 N–H and O–H groups in total. The number of ether oxygens (including phenoxy) is 1. The summed E-state index contributed by atoms with van der Waals surface area (Å²) >= 11 is 0. The van der Waals surface area contributed by atoms with Crippen LogP contribution in [0.25, 0.3) is 0 Å². The molecular formula is C13H23NO4. The lowest BCUT2D eigenvalue weighted by molar-refractivity contribution is -0.500. The number of nitrogens with zero attached hydrogens (tertiary/aromatic N) is 1. The molecule has 0 heterocycles. The Labute approximate surface area is 108 Å². The van der Waals surface area contributed by atoms with Gasteiger partial charge in [0.25, 0.3) is 0 Å². The lowest BCUT2D eigenvalue weighted by atomic mass is 9.75. The summed E-state index contributed by atoms with van der Waals surface area (Å²) in [6, 6.07) is 0. The molecule has 0 aromatic rings. The van der Waals surface area contributed by atoms with Crippen LogP contribution in [0, 0.1) is 22.0 Å². The van der Waals surface area contributed by atoms with Crippen LogP contribution in [0.5, 0.6) is 0 Å². The van der Waals surface area contributed by atoms with E-state index in [2.05, 4.69) is 6.92 Å². The molecule has 104 valence electrons. The van der Waals surface area contributed by atoms with Crippen LogP contribution in [0.15, 0.2) is 0 Å². The number of carbonyl (C=O) groups is 1. The van der Waals surface area contributed by atoms with E-state index in [9.17, 15) is 14.9 Å². The van der Waals surface area contributed by atoms with Crippen LogP contribution < -0.4 is 0 Å². The fourth-order valence-corrected chi connectivity index (χ4v) is 3.01. The third-order valence-electron chi connectivity index (χ3n) is 3.84. The second-order valence-corrected chi connectivity index (χ2v) is 5.76. The highest BCUT2D eigenvalue weighted by Gasteiger charge is 2.38. The summed E-state index contributed by atoms with van der Waals surface area (Å²) in [5.74, 6) is 0.534. The second-order valence-electron chi connectivity index (χ2n) is 5.76. The zero-order chi connectivity index (χ0) is 13.8. The largest absolute Gasteiger partial charge is 0.453 e. The van der Waals surface area contributed by atoms with Crippen LogP contribution in [-0.4, -0.2) is 23.0 Å². The molecule has 1 aliphatic rings. The number of carbonyl (C=O) groups excluding carboxylic acids is 1. The van der Waals surface area contributed by atoms with Crippen molar-refractivity contribution < 1.29 is 14.5 Å². The molecule has 0 aromatic carbocycles. The van der Waals surface area contributed by atoms with Gasteiger partial charge in [-0.1, -0.05) is 32.6 Å². The van der Waals surface area contributed by atoms with Crippen LogP contribution in [0.1, 0.15) is 52.9 Å². The highest BCUT2D eigenvalue weighted by Crippen LogP contribution is 2.36. The van der Waals surface area contributed by atoms with E-state index in [0.29, 0.717) is 18.3 Å². The van der Waals surface area contributed by atoms with Crippen molar-refractivity contribution in [1.29, 1.82) is 0 Å². The van der Waals surface area contributed by atoms with E-state index in [-0.39, 0.29) is 6.54 Å². The maximum atomic E-state index is 11.1. The average molecular weight is 257 g/mol. The summed E-state index contributed by atoms with van der Waals surface area (Å²) in [6.45, 7) is 4.86. The first kappa shape index (κ1) is 14.9. The second kappa shape index (κ2) is 6.16. The Morgan fingerprint density at radius 2 is 2.06 bits per heavy atom. The van der Waals surface area contributed by atoms with Crippen molar-refractivity contribution in [3.8, 4) is 0 Å². The van der Waals surface area contributed by atoms with Gasteiger partial charge in [-0.15, -0.1) is 0 Å².